The van der Waals surface area contributed by atoms with Crippen molar-refractivity contribution in [2.45, 2.75) is 37.8 Å². The first-order chi connectivity index (χ1) is 17.3. The number of nitrogens with zero attached hydrogens (tertiary/aromatic N) is 3. The van der Waals surface area contributed by atoms with Crippen molar-refractivity contribution in [1.82, 2.24) is 14.9 Å². The van der Waals surface area contributed by atoms with Crippen LogP contribution in [-0.2, 0) is 0 Å². The van der Waals surface area contributed by atoms with Crippen LogP contribution >= 0.6 is 0 Å². The molecule has 3 heterocycles. The number of carbonyl (C=O) groups excluding carboxylic acids is 1. The number of aliphatic hydroxyl groups is 2. The maximum absolute atomic E-state index is 14.8. The number of nitrogens with one attached hydrogen (secondary N) is 1. The summed E-state index contributed by atoms with van der Waals surface area (Å²) in [6.07, 6.45) is -6.96. The number of β-amino-alcohol motifs (C(OH)–C–C–N with tert-alkyl or cyclic N) is 2. The molecule has 8 nitrogen and oxygen atoms in total. The Balaban J connectivity index is 1.94. The van der Waals surface area contributed by atoms with Crippen LogP contribution in [0.25, 0.3) is 16.7 Å². The molecule has 0 saturated carbocycles. The molecule has 4 rings (SSSR count). The van der Waals surface area contributed by atoms with Crippen molar-refractivity contribution >= 4 is 22.8 Å². The van der Waals surface area contributed by atoms with Gasteiger partial charge >= 0.3 is 6.18 Å². The van der Waals surface area contributed by atoms with Crippen molar-refractivity contribution in [2.75, 3.05) is 18.0 Å². The molecule has 1 aliphatic heterocycles. The molecule has 37 heavy (non-hydrogen) atoms. The molecule has 3 aromatic rings. The molecule has 0 bridgehead atoms. The molecule has 1 aromatic carbocycles. The minimum Gasteiger partial charge on any atom is -0.389 e. The van der Waals surface area contributed by atoms with Gasteiger partial charge in [0.1, 0.15) is 28.9 Å². The summed E-state index contributed by atoms with van der Waals surface area (Å²) in [4.78, 5) is 31.5. The number of aromatic nitrogens is 2. The molecule has 0 radical (unpaired) electrons. The van der Waals surface area contributed by atoms with E-state index in [1.807, 2.05) is 0 Å². The third-order valence-corrected chi connectivity index (χ3v) is 5.99. The van der Waals surface area contributed by atoms with Gasteiger partial charge in [0.05, 0.1) is 17.6 Å². The van der Waals surface area contributed by atoms with Gasteiger partial charge in [0.15, 0.2) is 17.3 Å². The summed E-state index contributed by atoms with van der Waals surface area (Å²) in [6.45, 7) is 1.05. The summed E-state index contributed by atoms with van der Waals surface area (Å²) < 4.78 is 83.3. The van der Waals surface area contributed by atoms with Crippen molar-refractivity contribution < 1.29 is 41.4 Å². The number of amides is 1. The number of carbonyl (C=O) groups is 1. The van der Waals surface area contributed by atoms with E-state index < -0.39 is 76.5 Å². The lowest BCUT2D eigenvalue weighted by atomic mass is 10.1. The molecule has 1 aliphatic rings. The van der Waals surface area contributed by atoms with Gasteiger partial charge in [-0.05, 0) is 18.6 Å². The number of rotatable bonds is 5. The average Bonchev–Trinajstić information content (AvgIpc) is 3.15. The molecule has 1 fully saturated rings. The SMILES string of the molecule is CC[C@H](NC(=O)c1cn(-c2c(F)cc(F)cc2F)c2nc(N3C[C@@H](O)[C@H](O)C3)ccc2c1=O)C(F)(F)F. The largest absolute Gasteiger partial charge is 0.408 e. The maximum Gasteiger partial charge on any atom is 0.408 e. The quantitative estimate of drug-likeness (QED) is 0.438. The van der Waals surface area contributed by atoms with Crippen LogP contribution in [0.5, 0.6) is 0 Å². The van der Waals surface area contributed by atoms with Gasteiger partial charge in [0.25, 0.3) is 5.91 Å². The summed E-state index contributed by atoms with van der Waals surface area (Å²) in [5, 5.41) is 21.0. The number of alkyl halides is 3. The minimum atomic E-state index is -4.82. The molecule has 14 heteroatoms. The average molecular weight is 530 g/mol. The molecule has 0 aliphatic carbocycles. The summed E-state index contributed by atoms with van der Waals surface area (Å²) in [5.74, 6) is -5.49. The highest BCUT2D eigenvalue weighted by Gasteiger charge is 2.40. The van der Waals surface area contributed by atoms with Crippen molar-refractivity contribution in [1.29, 1.82) is 0 Å². The molecule has 2 aromatic heterocycles. The van der Waals surface area contributed by atoms with Crippen LogP contribution in [0.15, 0.2) is 35.3 Å². The van der Waals surface area contributed by atoms with Crippen LogP contribution in [0.4, 0.5) is 32.2 Å². The molecule has 1 saturated heterocycles. The van der Waals surface area contributed by atoms with E-state index in [0.29, 0.717) is 22.9 Å². The molecule has 3 N–H and O–H groups in total. The number of anilines is 1. The van der Waals surface area contributed by atoms with Gasteiger partial charge in [0, 0.05) is 31.4 Å². The van der Waals surface area contributed by atoms with Crippen LogP contribution in [0.1, 0.15) is 23.7 Å². The van der Waals surface area contributed by atoms with Gasteiger partial charge in [-0.25, -0.2) is 18.2 Å². The van der Waals surface area contributed by atoms with E-state index in [-0.39, 0.29) is 24.3 Å². The number of benzene rings is 1. The Labute approximate surface area is 204 Å². The second kappa shape index (κ2) is 9.67. The third kappa shape index (κ3) is 4.98. The van der Waals surface area contributed by atoms with Crippen LogP contribution < -0.4 is 15.6 Å². The van der Waals surface area contributed by atoms with E-state index in [1.165, 1.54) is 11.0 Å². The Hall–Kier alpha value is -3.65. The molecule has 0 spiro atoms. The Bertz CT molecular complexity index is 1390. The Morgan fingerprint density at radius 3 is 2.27 bits per heavy atom. The van der Waals surface area contributed by atoms with E-state index in [4.69, 9.17) is 0 Å². The number of aliphatic hydroxyl groups excluding tert-OH is 2. The van der Waals surface area contributed by atoms with Gasteiger partial charge in [0.2, 0.25) is 5.43 Å². The lowest BCUT2D eigenvalue weighted by Gasteiger charge is -2.21. The topological polar surface area (TPSA) is 108 Å². The zero-order chi connectivity index (χ0) is 27.2. The zero-order valence-corrected chi connectivity index (χ0v) is 19.1. The summed E-state index contributed by atoms with van der Waals surface area (Å²) in [7, 11) is 0. The monoisotopic (exact) mass is 530 g/mol. The molecule has 3 atom stereocenters. The van der Waals surface area contributed by atoms with Crippen molar-refractivity contribution in [3.63, 3.8) is 0 Å². The number of fused-ring (bicyclic) bond motifs is 1. The molecular weight excluding hydrogens is 510 g/mol. The lowest BCUT2D eigenvalue weighted by Crippen LogP contribution is -2.46. The first-order valence-corrected chi connectivity index (χ1v) is 11.0. The standard InChI is InChI=1S/C23H20F6N4O4/c1-2-17(23(27,28)29)30-22(37)12-7-33(19-13(25)5-10(24)6-14(19)26)21-11(20(12)36)3-4-18(31-21)32-8-15(34)16(35)9-32/h3-7,15-17,34-35H,2,8-9H2,1H3,(H,30,37)/t15-,16-,17+/m1/s1. The van der Waals surface area contributed by atoms with E-state index in [2.05, 4.69) is 4.98 Å². The van der Waals surface area contributed by atoms with Crippen LogP contribution in [0.2, 0.25) is 0 Å². The van der Waals surface area contributed by atoms with Gasteiger partial charge in [-0.1, -0.05) is 6.92 Å². The highest BCUT2D eigenvalue weighted by molar-refractivity contribution is 5.97. The summed E-state index contributed by atoms with van der Waals surface area (Å²) >= 11 is 0. The molecule has 198 valence electrons. The lowest BCUT2D eigenvalue weighted by molar-refractivity contribution is -0.153. The van der Waals surface area contributed by atoms with Gasteiger partial charge in [-0.2, -0.15) is 13.2 Å². The Morgan fingerprint density at radius 1 is 1.14 bits per heavy atom. The number of pyridine rings is 2. The van der Waals surface area contributed by atoms with Gasteiger partial charge in [-0.3, -0.25) is 14.2 Å². The van der Waals surface area contributed by atoms with E-state index in [1.54, 1.807) is 5.32 Å². The van der Waals surface area contributed by atoms with Crippen molar-refractivity contribution in [3.05, 3.63) is 63.7 Å². The smallest absolute Gasteiger partial charge is 0.389 e. The van der Waals surface area contributed by atoms with Crippen molar-refractivity contribution in [2.24, 2.45) is 0 Å². The summed E-state index contributed by atoms with van der Waals surface area (Å²) in [5.41, 5.74) is -3.26. The highest BCUT2D eigenvalue weighted by atomic mass is 19.4. The Morgan fingerprint density at radius 2 is 1.73 bits per heavy atom. The first-order valence-electron chi connectivity index (χ1n) is 11.0. The van der Waals surface area contributed by atoms with Gasteiger partial charge in [-0.15, -0.1) is 0 Å². The minimum absolute atomic E-state index is 0.0560. The first kappa shape index (κ1) is 26.4. The van der Waals surface area contributed by atoms with Crippen LogP contribution in [0, 0.1) is 17.5 Å². The number of halogens is 6. The predicted molar refractivity (Wildman–Crippen MR) is 119 cm³/mol. The fourth-order valence-corrected chi connectivity index (χ4v) is 4.07. The predicted octanol–water partition coefficient (Wildman–Crippen LogP) is 2.42. The van der Waals surface area contributed by atoms with Gasteiger partial charge < -0.3 is 20.4 Å². The van der Waals surface area contributed by atoms with Crippen LogP contribution in [0.3, 0.4) is 0 Å². The second-order valence-corrected chi connectivity index (χ2v) is 8.52. The maximum atomic E-state index is 14.8. The fourth-order valence-electron chi connectivity index (χ4n) is 4.07. The fraction of sp³-hybridized carbons (Fsp3) is 0.348. The van der Waals surface area contributed by atoms with Crippen LogP contribution in [-0.4, -0.2) is 63.2 Å². The molecular formula is C23H20F6N4O4. The number of hydrogen-bond acceptors (Lipinski definition) is 6. The summed E-state index contributed by atoms with van der Waals surface area (Å²) in [6, 6.07) is 0.815. The van der Waals surface area contributed by atoms with E-state index >= 15 is 0 Å². The normalized spacial score (nSPS) is 18.9. The zero-order valence-electron chi connectivity index (χ0n) is 19.1. The Kier molecular flexibility index (Phi) is 6.90. The molecule has 0 unspecified atom stereocenters. The van der Waals surface area contributed by atoms with E-state index in [0.717, 1.165) is 13.0 Å². The second-order valence-electron chi connectivity index (χ2n) is 8.52. The molecule has 1 amide bonds. The van der Waals surface area contributed by atoms with Crippen molar-refractivity contribution in [3.8, 4) is 5.69 Å². The highest BCUT2D eigenvalue weighted by Crippen LogP contribution is 2.27. The third-order valence-electron chi connectivity index (χ3n) is 5.99. The van der Waals surface area contributed by atoms with E-state index in [9.17, 15) is 46.1 Å². The number of hydrogen-bond donors (Lipinski definition) is 3.